The Balaban J connectivity index is 2.02. The van der Waals surface area contributed by atoms with Gasteiger partial charge in [-0.05, 0) is 47.9 Å². The molecule has 94 valence electrons. The molecule has 0 aliphatic heterocycles. The number of halogens is 1. The monoisotopic (exact) mass is 245 g/mol. The Morgan fingerprint density at radius 1 is 1.11 bits per heavy atom. The van der Waals surface area contributed by atoms with Crippen LogP contribution in [0.1, 0.15) is 16.7 Å². The molecule has 2 N–H and O–H groups in total. The summed E-state index contributed by atoms with van der Waals surface area (Å²) in [6, 6.07) is 12.4. The predicted octanol–water partition coefficient (Wildman–Crippen LogP) is 3.17. The molecule has 0 saturated carbocycles. The van der Waals surface area contributed by atoms with Gasteiger partial charge in [-0.15, -0.1) is 0 Å². The summed E-state index contributed by atoms with van der Waals surface area (Å²) in [7, 11) is 0. The molecule has 0 radical (unpaired) electrons. The quantitative estimate of drug-likeness (QED) is 0.898. The Bertz CT molecular complexity index is 523. The van der Waals surface area contributed by atoms with E-state index in [1.165, 1.54) is 12.1 Å². The molecule has 0 heterocycles. The lowest BCUT2D eigenvalue weighted by atomic mass is 10.1. The maximum absolute atomic E-state index is 12.9. The fourth-order valence-electron chi connectivity index (χ4n) is 1.70. The van der Waals surface area contributed by atoms with Gasteiger partial charge in [0.1, 0.15) is 18.2 Å². The van der Waals surface area contributed by atoms with Gasteiger partial charge in [-0.25, -0.2) is 4.39 Å². The topological polar surface area (TPSA) is 35.2 Å². The third-order valence-electron chi connectivity index (χ3n) is 2.86. The van der Waals surface area contributed by atoms with E-state index >= 15 is 0 Å². The van der Waals surface area contributed by atoms with E-state index in [1.807, 2.05) is 31.2 Å². The maximum Gasteiger partial charge on any atom is 0.123 e. The predicted molar refractivity (Wildman–Crippen MR) is 69.8 cm³/mol. The Morgan fingerprint density at radius 3 is 2.44 bits per heavy atom. The minimum absolute atomic E-state index is 0.219. The van der Waals surface area contributed by atoms with Gasteiger partial charge < -0.3 is 10.5 Å². The van der Waals surface area contributed by atoms with E-state index < -0.39 is 0 Å². The molecule has 2 rings (SSSR count). The van der Waals surface area contributed by atoms with Crippen LogP contribution in [-0.4, -0.2) is 0 Å². The Kier molecular flexibility index (Phi) is 3.95. The molecule has 0 unspecified atom stereocenters. The van der Waals surface area contributed by atoms with Crippen molar-refractivity contribution in [1.29, 1.82) is 0 Å². The van der Waals surface area contributed by atoms with Crippen molar-refractivity contribution in [3.63, 3.8) is 0 Å². The summed E-state index contributed by atoms with van der Waals surface area (Å²) in [6.07, 6.45) is 0. The van der Waals surface area contributed by atoms with Crippen molar-refractivity contribution in [2.75, 3.05) is 0 Å². The first-order valence-corrected chi connectivity index (χ1v) is 5.86. The molecule has 2 aromatic rings. The molecule has 18 heavy (non-hydrogen) atoms. The van der Waals surface area contributed by atoms with Gasteiger partial charge in [0.15, 0.2) is 0 Å². The largest absolute Gasteiger partial charge is 0.489 e. The number of hydrogen-bond donors (Lipinski definition) is 1. The highest BCUT2D eigenvalue weighted by molar-refractivity contribution is 5.29. The van der Waals surface area contributed by atoms with Crippen LogP contribution in [0.25, 0.3) is 0 Å². The summed E-state index contributed by atoms with van der Waals surface area (Å²) in [5.74, 6) is 0.569. The standard InChI is InChI=1S/C15H16FNO/c1-11-8-14(16)5-4-13(11)10-18-15-6-2-12(9-17)3-7-15/h2-8H,9-10,17H2,1H3. The average Bonchev–Trinajstić information content (AvgIpc) is 2.38. The second kappa shape index (κ2) is 5.65. The summed E-state index contributed by atoms with van der Waals surface area (Å²) in [6.45, 7) is 2.84. The number of nitrogens with two attached hydrogens (primary N) is 1. The molecule has 0 saturated heterocycles. The third-order valence-corrected chi connectivity index (χ3v) is 2.86. The van der Waals surface area contributed by atoms with Gasteiger partial charge in [-0.1, -0.05) is 18.2 Å². The van der Waals surface area contributed by atoms with Crippen LogP contribution < -0.4 is 10.5 Å². The second-order valence-corrected chi connectivity index (χ2v) is 4.21. The van der Waals surface area contributed by atoms with Crippen molar-refractivity contribution in [2.24, 2.45) is 5.73 Å². The smallest absolute Gasteiger partial charge is 0.123 e. The molecule has 0 aliphatic rings. The molecule has 0 aliphatic carbocycles. The summed E-state index contributed by atoms with van der Waals surface area (Å²) < 4.78 is 18.6. The lowest BCUT2D eigenvalue weighted by Crippen LogP contribution is -1.99. The zero-order valence-corrected chi connectivity index (χ0v) is 10.3. The molecule has 2 nitrogen and oxygen atoms in total. The van der Waals surface area contributed by atoms with Crippen molar-refractivity contribution in [2.45, 2.75) is 20.1 Å². The van der Waals surface area contributed by atoms with Gasteiger partial charge in [0, 0.05) is 6.54 Å². The summed E-state index contributed by atoms with van der Waals surface area (Å²) in [5.41, 5.74) is 8.47. The van der Waals surface area contributed by atoms with Crippen LogP contribution in [0.5, 0.6) is 5.75 Å². The summed E-state index contributed by atoms with van der Waals surface area (Å²) >= 11 is 0. The molecule has 0 amide bonds. The van der Waals surface area contributed by atoms with Crippen LogP contribution in [0.2, 0.25) is 0 Å². The molecule has 3 heteroatoms. The van der Waals surface area contributed by atoms with Crippen molar-refractivity contribution in [1.82, 2.24) is 0 Å². The average molecular weight is 245 g/mol. The number of benzene rings is 2. The highest BCUT2D eigenvalue weighted by Crippen LogP contribution is 2.16. The summed E-state index contributed by atoms with van der Waals surface area (Å²) in [4.78, 5) is 0. The molecule has 0 aromatic heterocycles. The fourth-order valence-corrected chi connectivity index (χ4v) is 1.70. The first-order valence-electron chi connectivity index (χ1n) is 5.86. The SMILES string of the molecule is Cc1cc(F)ccc1COc1ccc(CN)cc1. The molecule has 2 aromatic carbocycles. The number of rotatable bonds is 4. The van der Waals surface area contributed by atoms with Gasteiger partial charge >= 0.3 is 0 Å². The minimum Gasteiger partial charge on any atom is -0.489 e. The summed E-state index contributed by atoms with van der Waals surface area (Å²) in [5, 5.41) is 0. The van der Waals surface area contributed by atoms with Gasteiger partial charge in [-0.3, -0.25) is 0 Å². The highest BCUT2D eigenvalue weighted by Gasteiger charge is 2.01. The van der Waals surface area contributed by atoms with Gasteiger partial charge in [0.2, 0.25) is 0 Å². The first kappa shape index (κ1) is 12.6. The number of hydrogen-bond acceptors (Lipinski definition) is 2. The van der Waals surface area contributed by atoms with Crippen molar-refractivity contribution < 1.29 is 9.13 Å². The van der Waals surface area contributed by atoms with Crippen LogP contribution in [0.15, 0.2) is 42.5 Å². The zero-order chi connectivity index (χ0) is 13.0. The number of ether oxygens (including phenoxy) is 1. The lowest BCUT2D eigenvalue weighted by molar-refractivity contribution is 0.305. The van der Waals surface area contributed by atoms with Crippen molar-refractivity contribution in [3.8, 4) is 5.75 Å². The highest BCUT2D eigenvalue weighted by atomic mass is 19.1. The Labute approximate surface area is 106 Å². The van der Waals surface area contributed by atoms with Gasteiger partial charge in [0.05, 0.1) is 0 Å². The first-order chi connectivity index (χ1) is 8.69. The van der Waals surface area contributed by atoms with Crippen LogP contribution in [0.4, 0.5) is 4.39 Å². The van der Waals surface area contributed by atoms with E-state index in [-0.39, 0.29) is 5.82 Å². The third kappa shape index (κ3) is 3.08. The van der Waals surface area contributed by atoms with Crippen LogP contribution in [-0.2, 0) is 13.2 Å². The van der Waals surface area contributed by atoms with Crippen LogP contribution >= 0.6 is 0 Å². The van der Waals surface area contributed by atoms with E-state index in [4.69, 9.17) is 10.5 Å². The van der Waals surface area contributed by atoms with Crippen molar-refractivity contribution >= 4 is 0 Å². The van der Waals surface area contributed by atoms with Crippen LogP contribution in [0, 0.1) is 12.7 Å². The van der Waals surface area contributed by atoms with Crippen LogP contribution in [0.3, 0.4) is 0 Å². The molecule has 0 bridgehead atoms. The molecule has 0 spiro atoms. The van der Waals surface area contributed by atoms with E-state index in [0.717, 1.165) is 22.4 Å². The maximum atomic E-state index is 12.9. The van der Waals surface area contributed by atoms with E-state index in [2.05, 4.69) is 0 Å². The Morgan fingerprint density at radius 2 is 1.83 bits per heavy atom. The van der Waals surface area contributed by atoms with E-state index in [0.29, 0.717) is 13.2 Å². The number of aryl methyl sites for hydroxylation is 1. The van der Waals surface area contributed by atoms with Gasteiger partial charge in [-0.2, -0.15) is 0 Å². The zero-order valence-electron chi connectivity index (χ0n) is 10.3. The van der Waals surface area contributed by atoms with E-state index in [1.54, 1.807) is 6.07 Å². The molecular weight excluding hydrogens is 229 g/mol. The molecule has 0 atom stereocenters. The Hall–Kier alpha value is -1.87. The fraction of sp³-hybridized carbons (Fsp3) is 0.200. The normalized spacial score (nSPS) is 10.4. The van der Waals surface area contributed by atoms with Gasteiger partial charge in [0.25, 0.3) is 0 Å². The minimum atomic E-state index is -0.219. The van der Waals surface area contributed by atoms with Crippen molar-refractivity contribution in [3.05, 3.63) is 65.0 Å². The molecular formula is C15H16FNO. The molecule has 0 fully saturated rings. The van der Waals surface area contributed by atoms with E-state index in [9.17, 15) is 4.39 Å². The second-order valence-electron chi connectivity index (χ2n) is 4.21. The lowest BCUT2D eigenvalue weighted by Gasteiger charge is -2.09.